The summed E-state index contributed by atoms with van der Waals surface area (Å²) < 4.78 is 26.9. The second-order valence-electron chi connectivity index (χ2n) is 28.3. The number of benzene rings is 7. The van der Waals surface area contributed by atoms with Crippen LogP contribution in [0.2, 0.25) is 5.28 Å². The number of amides is 2. The van der Waals surface area contributed by atoms with Crippen molar-refractivity contribution in [2.75, 3.05) is 120 Å². The molecular weight excluding hydrogens is 1620 g/mol. The summed E-state index contributed by atoms with van der Waals surface area (Å²) in [6.07, 6.45) is 24.5. The second kappa shape index (κ2) is 57.6. The number of anilines is 10. The minimum absolute atomic E-state index is 0.0434. The van der Waals surface area contributed by atoms with E-state index in [9.17, 15) is 29.8 Å². The number of nitrogens with two attached hydrogens (primary N) is 2. The van der Waals surface area contributed by atoms with Gasteiger partial charge in [-0.1, -0.05) is 115 Å². The van der Waals surface area contributed by atoms with Gasteiger partial charge in [-0.3, -0.25) is 29.8 Å². The van der Waals surface area contributed by atoms with Gasteiger partial charge in [0.1, 0.15) is 11.5 Å². The molecule has 7 aromatic carbocycles. The van der Waals surface area contributed by atoms with Gasteiger partial charge in [-0.05, 0) is 235 Å². The zero-order chi connectivity index (χ0) is 88.1. The minimum atomic E-state index is -0.371. The standard InChI is InChI=1S/C26H31N5O3.C14H12ClN3O3.C12H16N2O2.2C12H20N2.C10H13NO2.C4H8O.C3H5Br/c1-5-15-31(16-6-2)21-13-11-19(12-14-21)29-26-27-18-23(33-4)25(30-26)34-22-10-8-9-20(17-22)28-24(32)7-3;1-3-12(19)17-9-5-4-6-10(7-9)21-13-11(20-2)8-16-14(15)18-13;1-2-9-13(10-3-4-10)11-5-7-12(8-6-11)14(15)16;2*1-3-9-14(10-4-2)12-7-5-11(13)6-8-12;1-2-3-4-9-5-7-10(8-6-9)11(12)13;1-2-4-5-3-1;4-3-1-2-3/h7-14,17-18H,3,5-6,15-16H2,1-2,4H3,(H,28,32)(H,27,29,30);3-8H,1H2,2H3,(H,17,19);5-8,10H,2-4,9H2,1H3;2*5-8H,3-4,9-10,13H2,1-2H3;5-8H,2-4H2,1H3;1-4H2;3H,1-2H2. The maximum absolute atomic E-state index is 11.6. The molecule has 1 aliphatic heterocycles. The Labute approximate surface area is 729 Å². The van der Waals surface area contributed by atoms with Crippen molar-refractivity contribution in [1.82, 2.24) is 19.9 Å². The van der Waals surface area contributed by atoms with Gasteiger partial charge < -0.3 is 70.7 Å². The van der Waals surface area contributed by atoms with Crippen LogP contribution in [0, 0.1) is 20.2 Å². The highest BCUT2D eigenvalue weighted by atomic mass is 79.9. The number of alkyl halides is 1. The van der Waals surface area contributed by atoms with E-state index in [4.69, 9.17) is 46.8 Å². The van der Waals surface area contributed by atoms with Crippen molar-refractivity contribution < 1.29 is 43.1 Å². The molecule has 0 bridgehead atoms. The molecule has 3 fully saturated rings. The molecule has 121 heavy (non-hydrogen) atoms. The van der Waals surface area contributed by atoms with Gasteiger partial charge in [0.2, 0.25) is 23.0 Å². The predicted molar refractivity (Wildman–Crippen MR) is 500 cm³/mol. The highest BCUT2D eigenvalue weighted by Gasteiger charge is 2.29. The lowest BCUT2D eigenvalue weighted by Crippen LogP contribution is -2.26. The van der Waals surface area contributed by atoms with Gasteiger partial charge in [-0.25, -0.2) is 9.97 Å². The average Bonchev–Trinajstić information content (AvgIpc) is 1.81. The SMILES string of the molecule is BrC1CC1.C1CCOC1.C=CC(=O)Nc1cccc(Oc2nc(Cl)ncc2OC)c1.C=CC(=O)Nc1cccc(Oc2nc(Nc3ccc(N(CCC)CCC)cc3)ncc2OC)c1.CCCCc1ccc([N+](=O)[O-])cc1.CCCN(CCC)c1ccc(N)cc1.CCCN(CCC)c1ccc(N)cc1.CCCN(c1ccc([N+](=O)[O-])cc1)C1CC1. The predicted octanol–water partition coefficient (Wildman–Crippen LogP) is 22.9. The van der Waals surface area contributed by atoms with E-state index in [-0.39, 0.29) is 50.1 Å². The molecular formula is C93H125BrClN15O11. The number of rotatable bonds is 36. The molecule has 12 rings (SSSR count). The Kier molecular flexibility index (Phi) is 47.6. The van der Waals surface area contributed by atoms with Crippen LogP contribution in [0.1, 0.15) is 157 Å². The average molecular weight is 1740 g/mol. The summed E-state index contributed by atoms with van der Waals surface area (Å²) in [5, 5.41) is 29.5. The third-order valence-corrected chi connectivity index (χ3v) is 19.1. The maximum atomic E-state index is 11.6. The Balaban J connectivity index is 0.000000261. The van der Waals surface area contributed by atoms with Gasteiger partial charge in [-0.2, -0.15) is 9.97 Å². The Hall–Kier alpha value is -11.6. The number of nitrogen functional groups attached to an aromatic ring is 2. The molecule has 28 heteroatoms. The summed E-state index contributed by atoms with van der Waals surface area (Å²) in [6, 6.07) is 52.5. The topological polar surface area (TPSA) is 319 Å². The van der Waals surface area contributed by atoms with Gasteiger partial charge in [0.25, 0.3) is 23.1 Å². The summed E-state index contributed by atoms with van der Waals surface area (Å²) >= 11 is 9.12. The second-order valence-corrected chi connectivity index (χ2v) is 29.9. The Bertz CT molecular complexity index is 4390. The third kappa shape index (κ3) is 39.5. The molecule has 0 radical (unpaired) electrons. The van der Waals surface area contributed by atoms with Gasteiger partial charge in [0, 0.05) is 157 Å². The number of unbranched alkanes of at least 4 members (excludes halogenated alkanes) is 1. The fourth-order valence-corrected chi connectivity index (χ4v) is 12.1. The van der Waals surface area contributed by atoms with Crippen LogP contribution in [-0.4, -0.2) is 126 Å². The third-order valence-electron chi connectivity index (χ3n) is 18.0. The molecule has 3 aliphatic rings. The Morgan fingerprint density at radius 3 is 1.27 bits per heavy atom. The fourth-order valence-electron chi connectivity index (χ4n) is 11.7. The van der Waals surface area contributed by atoms with Crippen molar-refractivity contribution in [3.8, 4) is 34.8 Å². The van der Waals surface area contributed by atoms with Crippen molar-refractivity contribution in [2.24, 2.45) is 0 Å². The molecule has 26 nitrogen and oxygen atoms in total. The molecule has 2 amide bonds. The summed E-state index contributed by atoms with van der Waals surface area (Å²) in [4.78, 5) is 70.0. The first-order chi connectivity index (χ1) is 58.6. The number of carbonyl (C=O) groups is 2. The number of aromatic nitrogens is 4. The summed E-state index contributed by atoms with van der Waals surface area (Å²) in [5.74, 6) is 1.88. The van der Waals surface area contributed by atoms with Crippen LogP contribution in [0.4, 0.5) is 68.5 Å². The number of carbonyl (C=O) groups excluding carboxylic acids is 2. The number of nitro groups is 2. The van der Waals surface area contributed by atoms with E-state index in [0.717, 1.165) is 125 Å². The fraction of sp³-hybridized carbons (Fsp3) is 0.398. The van der Waals surface area contributed by atoms with Crippen LogP contribution in [0.25, 0.3) is 0 Å². The number of hydrogen-bond donors (Lipinski definition) is 5. The molecule has 0 spiro atoms. The minimum Gasteiger partial charge on any atom is -0.490 e. The lowest BCUT2D eigenvalue weighted by molar-refractivity contribution is -0.385. The normalized spacial score (nSPS) is 11.8. The van der Waals surface area contributed by atoms with E-state index in [0.29, 0.717) is 46.4 Å². The van der Waals surface area contributed by atoms with Crippen molar-refractivity contribution >= 4 is 108 Å². The zero-order valence-electron chi connectivity index (χ0n) is 72.1. The number of halogens is 2. The molecule has 1 saturated heterocycles. The van der Waals surface area contributed by atoms with E-state index < -0.39 is 0 Å². The van der Waals surface area contributed by atoms with Gasteiger partial charge in [-0.15, -0.1) is 0 Å². The highest BCUT2D eigenvalue weighted by Crippen LogP contribution is 2.36. The number of aryl methyl sites for hydroxylation is 1. The number of ether oxygens (including phenoxy) is 5. The largest absolute Gasteiger partial charge is 0.490 e. The summed E-state index contributed by atoms with van der Waals surface area (Å²) in [5.41, 5.74) is 21.4. The van der Waals surface area contributed by atoms with Crippen molar-refractivity contribution in [1.29, 1.82) is 0 Å². The first-order valence-electron chi connectivity index (χ1n) is 41.8. The van der Waals surface area contributed by atoms with Crippen LogP contribution in [-0.2, 0) is 20.7 Å². The summed E-state index contributed by atoms with van der Waals surface area (Å²) in [7, 11) is 3.00. The van der Waals surface area contributed by atoms with Crippen molar-refractivity contribution in [3.05, 3.63) is 239 Å². The van der Waals surface area contributed by atoms with E-state index in [1.165, 1.54) is 119 Å². The molecule has 2 aromatic heterocycles. The first kappa shape index (κ1) is 100. The van der Waals surface area contributed by atoms with Crippen molar-refractivity contribution in [2.45, 2.75) is 169 Å². The van der Waals surface area contributed by atoms with Gasteiger partial charge in [0.15, 0.2) is 11.5 Å². The zero-order valence-corrected chi connectivity index (χ0v) is 74.4. The molecule has 0 atom stereocenters. The van der Waals surface area contributed by atoms with E-state index in [2.05, 4.69) is 176 Å². The molecule has 0 unspecified atom stereocenters. The monoisotopic (exact) mass is 1740 g/mol. The Morgan fingerprint density at radius 1 is 0.529 bits per heavy atom. The number of methoxy groups -OCH3 is 2. The number of nitro benzene ring substituents is 2. The van der Waals surface area contributed by atoms with Crippen LogP contribution in [0.5, 0.6) is 34.8 Å². The smallest absolute Gasteiger partial charge is 0.269 e. The van der Waals surface area contributed by atoms with E-state index in [1.54, 1.807) is 79.0 Å². The van der Waals surface area contributed by atoms with Crippen molar-refractivity contribution in [3.63, 3.8) is 0 Å². The molecule has 3 heterocycles. The van der Waals surface area contributed by atoms with Gasteiger partial charge in [0.05, 0.1) is 36.5 Å². The highest BCUT2D eigenvalue weighted by molar-refractivity contribution is 9.09. The molecule has 7 N–H and O–H groups in total. The van der Waals surface area contributed by atoms with Crippen LogP contribution in [0.3, 0.4) is 0 Å². The van der Waals surface area contributed by atoms with Crippen LogP contribution < -0.4 is 66.0 Å². The van der Waals surface area contributed by atoms with Crippen LogP contribution in [0.15, 0.2) is 208 Å². The number of nitrogens with zero attached hydrogens (tertiary/aromatic N) is 10. The quantitative estimate of drug-likeness (QED) is 0.00608. The number of nitrogens with one attached hydrogen (secondary N) is 3. The van der Waals surface area contributed by atoms with Gasteiger partial charge >= 0.3 is 0 Å². The lowest BCUT2D eigenvalue weighted by atomic mass is 10.1. The summed E-state index contributed by atoms with van der Waals surface area (Å²) in [6.45, 7) is 33.9. The number of hydrogen-bond acceptors (Lipinski definition) is 22. The molecule has 2 saturated carbocycles. The van der Waals surface area contributed by atoms with Crippen LogP contribution >= 0.6 is 27.5 Å². The van der Waals surface area contributed by atoms with E-state index in [1.807, 2.05) is 60.7 Å². The first-order valence-corrected chi connectivity index (χ1v) is 43.1. The molecule has 2 aliphatic carbocycles. The molecule has 652 valence electrons. The lowest BCUT2D eigenvalue weighted by Gasteiger charge is -2.24. The molecule has 9 aromatic rings. The Morgan fingerprint density at radius 2 is 0.917 bits per heavy atom. The number of non-ortho nitro benzene ring substituents is 2. The maximum Gasteiger partial charge on any atom is 0.269 e. The van der Waals surface area contributed by atoms with E-state index >= 15 is 0 Å².